The van der Waals surface area contributed by atoms with Crippen molar-refractivity contribution in [2.75, 3.05) is 16.8 Å². The summed E-state index contributed by atoms with van der Waals surface area (Å²) in [5, 5.41) is 2.47. The number of carbonyl (C=O) groups excluding carboxylic acids is 2. The van der Waals surface area contributed by atoms with Gasteiger partial charge in [-0.15, -0.1) is 0 Å². The number of nitrogens with one attached hydrogen (secondary N) is 1. The fourth-order valence-electron chi connectivity index (χ4n) is 2.27. The molecule has 2 amide bonds. The normalized spacial score (nSPS) is 11.1. The topological polar surface area (TPSA) is 49.4 Å². The van der Waals surface area contributed by atoms with E-state index < -0.39 is 23.5 Å². The molecule has 138 valence electrons. The molecule has 0 unspecified atom stereocenters. The zero-order valence-corrected chi connectivity index (χ0v) is 13.8. The van der Waals surface area contributed by atoms with Crippen molar-refractivity contribution in [1.82, 2.24) is 0 Å². The SMILES string of the molecule is CC(=O)N(CCC(=O)Nc1ccc(C(F)(F)F)cc1)c1ccc(F)cc1. The van der Waals surface area contributed by atoms with Crippen LogP contribution in [-0.2, 0) is 15.8 Å². The summed E-state index contributed by atoms with van der Waals surface area (Å²) in [5.74, 6) is -1.23. The Morgan fingerprint density at radius 2 is 1.58 bits per heavy atom. The van der Waals surface area contributed by atoms with E-state index in [4.69, 9.17) is 0 Å². The first kappa shape index (κ1) is 19.4. The van der Waals surface area contributed by atoms with Gasteiger partial charge < -0.3 is 10.2 Å². The molecule has 0 saturated carbocycles. The predicted octanol–water partition coefficient (Wildman–Crippen LogP) is 4.23. The van der Waals surface area contributed by atoms with Crippen molar-refractivity contribution in [3.8, 4) is 0 Å². The van der Waals surface area contributed by atoms with Crippen LogP contribution < -0.4 is 10.2 Å². The van der Waals surface area contributed by atoms with E-state index in [1.54, 1.807) is 0 Å². The van der Waals surface area contributed by atoms with Gasteiger partial charge in [0.2, 0.25) is 11.8 Å². The Morgan fingerprint density at radius 1 is 1.00 bits per heavy atom. The van der Waals surface area contributed by atoms with Gasteiger partial charge in [0, 0.05) is 31.3 Å². The number of halogens is 4. The number of amides is 2. The molecule has 0 saturated heterocycles. The molecule has 0 aromatic heterocycles. The molecular formula is C18H16F4N2O2. The second-order valence-electron chi connectivity index (χ2n) is 5.52. The maximum Gasteiger partial charge on any atom is 0.416 e. The van der Waals surface area contributed by atoms with E-state index >= 15 is 0 Å². The molecule has 8 heteroatoms. The average molecular weight is 368 g/mol. The van der Waals surface area contributed by atoms with E-state index in [0.29, 0.717) is 5.69 Å². The largest absolute Gasteiger partial charge is 0.416 e. The van der Waals surface area contributed by atoms with Crippen molar-refractivity contribution in [3.63, 3.8) is 0 Å². The average Bonchev–Trinajstić information content (AvgIpc) is 2.56. The predicted molar refractivity (Wildman–Crippen MR) is 89.1 cm³/mol. The number of nitrogens with zero attached hydrogens (tertiary/aromatic N) is 1. The van der Waals surface area contributed by atoms with Crippen LogP contribution >= 0.6 is 0 Å². The first-order valence-corrected chi connectivity index (χ1v) is 7.67. The Kier molecular flexibility index (Phi) is 5.97. The van der Waals surface area contributed by atoms with E-state index in [1.807, 2.05) is 0 Å². The Bertz CT molecular complexity index is 771. The number of hydrogen-bond donors (Lipinski definition) is 1. The van der Waals surface area contributed by atoms with Crippen LogP contribution in [0.5, 0.6) is 0 Å². The molecule has 26 heavy (non-hydrogen) atoms. The molecule has 0 radical (unpaired) electrons. The summed E-state index contributed by atoms with van der Waals surface area (Å²) < 4.78 is 50.5. The zero-order valence-electron chi connectivity index (χ0n) is 13.8. The second-order valence-corrected chi connectivity index (χ2v) is 5.52. The zero-order chi connectivity index (χ0) is 19.3. The van der Waals surface area contributed by atoms with Crippen molar-refractivity contribution < 1.29 is 27.2 Å². The molecule has 2 aromatic carbocycles. The van der Waals surface area contributed by atoms with Gasteiger partial charge in [0.1, 0.15) is 5.82 Å². The quantitative estimate of drug-likeness (QED) is 0.803. The molecule has 4 nitrogen and oxygen atoms in total. The fourth-order valence-corrected chi connectivity index (χ4v) is 2.27. The van der Waals surface area contributed by atoms with Crippen LogP contribution in [0.25, 0.3) is 0 Å². The molecule has 2 aromatic rings. The molecule has 0 heterocycles. The minimum atomic E-state index is -4.44. The van der Waals surface area contributed by atoms with E-state index in [2.05, 4.69) is 5.32 Å². The third-order valence-electron chi connectivity index (χ3n) is 3.58. The summed E-state index contributed by atoms with van der Waals surface area (Å²) in [7, 11) is 0. The van der Waals surface area contributed by atoms with Crippen molar-refractivity contribution >= 4 is 23.2 Å². The third kappa shape index (κ3) is 5.30. The Hall–Kier alpha value is -2.90. The first-order valence-electron chi connectivity index (χ1n) is 7.67. The Balaban J connectivity index is 1.96. The van der Waals surface area contributed by atoms with Crippen LogP contribution in [0, 0.1) is 5.82 Å². The minimum Gasteiger partial charge on any atom is -0.326 e. The molecular weight excluding hydrogens is 352 g/mol. The summed E-state index contributed by atoms with van der Waals surface area (Å²) in [6.45, 7) is 1.37. The highest BCUT2D eigenvalue weighted by molar-refractivity contribution is 5.94. The van der Waals surface area contributed by atoms with Crippen LogP contribution in [0.15, 0.2) is 48.5 Å². The molecule has 0 aliphatic heterocycles. The standard InChI is InChI=1S/C18H16F4N2O2/c1-12(25)24(16-8-4-14(19)5-9-16)11-10-17(26)23-15-6-2-13(3-7-15)18(20,21)22/h2-9H,10-11H2,1H3,(H,23,26). The monoisotopic (exact) mass is 368 g/mol. The van der Waals surface area contributed by atoms with Crippen molar-refractivity contribution in [2.45, 2.75) is 19.5 Å². The van der Waals surface area contributed by atoms with Crippen LogP contribution in [0.3, 0.4) is 0 Å². The third-order valence-corrected chi connectivity index (χ3v) is 3.58. The number of alkyl halides is 3. The van der Waals surface area contributed by atoms with Crippen molar-refractivity contribution in [1.29, 1.82) is 0 Å². The molecule has 0 fully saturated rings. The summed E-state index contributed by atoms with van der Waals surface area (Å²) in [6.07, 6.45) is -4.52. The van der Waals surface area contributed by atoms with Gasteiger partial charge in [-0.25, -0.2) is 4.39 Å². The van der Waals surface area contributed by atoms with Gasteiger partial charge in [-0.05, 0) is 48.5 Å². The number of carbonyl (C=O) groups is 2. The van der Waals surface area contributed by atoms with Gasteiger partial charge in [-0.3, -0.25) is 9.59 Å². The maximum atomic E-state index is 13.0. The molecule has 2 rings (SSSR count). The first-order chi connectivity index (χ1) is 12.2. The Morgan fingerprint density at radius 3 is 2.08 bits per heavy atom. The molecule has 0 bridgehead atoms. The molecule has 0 aliphatic carbocycles. The van der Waals surface area contributed by atoms with Gasteiger partial charge in [0.25, 0.3) is 0 Å². The summed E-state index contributed by atoms with van der Waals surface area (Å²) >= 11 is 0. The lowest BCUT2D eigenvalue weighted by molar-refractivity contribution is -0.137. The second kappa shape index (κ2) is 7.99. The number of benzene rings is 2. The lowest BCUT2D eigenvalue weighted by Gasteiger charge is -2.21. The lowest BCUT2D eigenvalue weighted by atomic mass is 10.2. The van der Waals surface area contributed by atoms with Crippen molar-refractivity contribution in [2.24, 2.45) is 0 Å². The highest BCUT2D eigenvalue weighted by atomic mass is 19.4. The van der Waals surface area contributed by atoms with Crippen LogP contribution in [-0.4, -0.2) is 18.4 Å². The van der Waals surface area contributed by atoms with Crippen LogP contribution in [0.2, 0.25) is 0 Å². The number of rotatable bonds is 5. The highest BCUT2D eigenvalue weighted by Gasteiger charge is 2.30. The van der Waals surface area contributed by atoms with Gasteiger partial charge in [0.15, 0.2) is 0 Å². The van der Waals surface area contributed by atoms with Gasteiger partial charge in [-0.1, -0.05) is 0 Å². The lowest BCUT2D eigenvalue weighted by Crippen LogP contribution is -2.31. The Labute approximate surface area is 147 Å². The van der Waals surface area contributed by atoms with Crippen LogP contribution in [0.4, 0.5) is 28.9 Å². The molecule has 0 spiro atoms. The van der Waals surface area contributed by atoms with E-state index in [9.17, 15) is 27.2 Å². The van der Waals surface area contributed by atoms with E-state index in [0.717, 1.165) is 24.3 Å². The van der Waals surface area contributed by atoms with Crippen LogP contribution in [0.1, 0.15) is 18.9 Å². The highest BCUT2D eigenvalue weighted by Crippen LogP contribution is 2.29. The van der Waals surface area contributed by atoms with Crippen molar-refractivity contribution in [3.05, 3.63) is 59.9 Å². The molecule has 1 N–H and O–H groups in total. The summed E-state index contributed by atoms with van der Waals surface area (Å²) in [5.41, 5.74) is -0.144. The smallest absolute Gasteiger partial charge is 0.326 e. The minimum absolute atomic E-state index is 0.0490. The number of hydrogen-bond acceptors (Lipinski definition) is 2. The molecule has 0 atom stereocenters. The van der Waals surface area contributed by atoms with E-state index in [1.165, 1.54) is 36.1 Å². The summed E-state index contributed by atoms with van der Waals surface area (Å²) in [4.78, 5) is 25.0. The fraction of sp³-hybridized carbons (Fsp3) is 0.222. The maximum absolute atomic E-state index is 13.0. The summed E-state index contributed by atoms with van der Waals surface area (Å²) in [6, 6.07) is 9.30. The molecule has 0 aliphatic rings. The number of anilines is 2. The van der Waals surface area contributed by atoms with Gasteiger partial charge in [0.05, 0.1) is 5.56 Å². The van der Waals surface area contributed by atoms with Gasteiger partial charge in [-0.2, -0.15) is 13.2 Å². The van der Waals surface area contributed by atoms with E-state index in [-0.39, 0.29) is 24.6 Å². The van der Waals surface area contributed by atoms with Gasteiger partial charge >= 0.3 is 6.18 Å².